The van der Waals surface area contributed by atoms with Gasteiger partial charge in [-0.05, 0) is 42.5 Å². The monoisotopic (exact) mass is 384 g/mol. The van der Waals surface area contributed by atoms with Gasteiger partial charge in [0.05, 0.1) is 5.56 Å². The molecular formula is C17H13BrN4O2. The third-order valence-corrected chi connectivity index (χ3v) is 3.66. The maximum atomic E-state index is 10.9. The molecule has 0 spiro atoms. The number of benzene rings is 2. The fourth-order valence-corrected chi connectivity index (χ4v) is 2.45. The molecule has 24 heavy (non-hydrogen) atoms. The number of aromatic nitrogens is 2. The summed E-state index contributed by atoms with van der Waals surface area (Å²) < 4.78 is 0.971. The van der Waals surface area contributed by atoms with E-state index in [-0.39, 0.29) is 5.56 Å². The Kier molecular flexibility index (Phi) is 4.72. The normalized spacial score (nSPS) is 10.2. The standard InChI is InChI=1S/C17H13BrN4O2/c18-12-2-1-3-14(8-12)22-16-9-15(19-10-20-16)21-13-6-4-11(5-7-13)17(23)24/h1-10H,(H,23,24)(H2,19,20,21,22). The minimum atomic E-state index is -0.955. The number of nitrogens with zero attached hydrogens (tertiary/aromatic N) is 2. The zero-order chi connectivity index (χ0) is 16.9. The summed E-state index contributed by atoms with van der Waals surface area (Å²) >= 11 is 3.42. The van der Waals surface area contributed by atoms with Crippen LogP contribution in [0.4, 0.5) is 23.0 Å². The zero-order valence-electron chi connectivity index (χ0n) is 12.4. The Balaban J connectivity index is 1.74. The van der Waals surface area contributed by atoms with Crippen LogP contribution in [0.5, 0.6) is 0 Å². The summed E-state index contributed by atoms with van der Waals surface area (Å²) in [6.07, 6.45) is 1.45. The van der Waals surface area contributed by atoms with E-state index in [4.69, 9.17) is 5.11 Å². The minimum absolute atomic E-state index is 0.236. The van der Waals surface area contributed by atoms with E-state index in [2.05, 4.69) is 36.5 Å². The van der Waals surface area contributed by atoms with Gasteiger partial charge in [-0.25, -0.2) is 14.8 Å². The summed E-state index contributed by atoms with van der Waals surface area (Å²) in [5, 5.41) is 15.2. The van der Waals surface area contributed by atoms with Crippen LogP contribution < -0.4 is 10.6 Å². The molecule has 0 saturated carbocycles. The van der Waals surface area contributed by atoms with Gasteiger partial charge in [0.2, 0.25) is 0 Å². The van der Waals surface area contributed by atoms with Crippen molar-refractivity contribution in [2.75, 3.05) is 10.6 Å². The van der Waals surface area contributed by atoms with Crippen LogP contribution in [0.25, 0.3) is 0 Å². The molecule has 0 unspecified atom stereocenters. The largest absolute Gasteiger partial charge is 0.478 e. The van der Waals surface area contributed by atoms with Crippen LogP contribution >= 0.6 is 15.9 Å². The summed E-state index contributed by atoms with van der Waals surface area (Å²) in [4.78, 5) is 19.2. The van der Waals surface area contributed by atoms with Gasteiger partial charge in [-0.1, -0.05) is 22.0 Å². The Labute approximate surface area is 146 Å². The van der Waals surface area contributed by atoms with Gasteiger partial charge < -0.3 is 15.7 Å². The highest BCUT2D eigenvalue weighted by atomic mass is 79.9. The molecule has 0 saturated heterocycles. The summed E-state index contributed by atoms with van der Waals surface area (Å²) in [5.74, 6) is 0.294. The molecule has 0 radical (unpaired) electrons. The van der Waals surface area contributed by atoms with Crippen molar-refractivity contribution in [3.05, 3.63) is 71.0 Å². The molecule has 1 heterocycles. The Morgan fingerprint density at radius 3 is 2.21 bits per heavy atom. The van der Waals surface area contributed by atoms with Crippen molar-refractivity contribution in [3.63, 3.8) is 0 Å². The Hall–Kier alpha value is -2.93. The molecule has 3 rings (SSSR count). The lowest BCUT2D eigenvalue weighted by atomic mass is 10.2. The predicted molar refractivity (Wildman–Crippen MR) is 96.1 cm³/mol. The molecule has 0 aliphatic carbocycles. The van der Waals surface area contributed by atoms with E-state index in [1.165, 1.54) is 18.5 Å². The van der Waals surface area contributed by atoms with Crippen molar-refractivity contribution in [2.24, 2.45) is 0 Å². The average molecular weight is 385 g/mol. The molecular weight excluding hydrogens is 372 g/mol. The molecule has 2 aromatic carbocycles. The highest BCUT2D eigenvalue weighted by Crippen LogP contribution is 2.21. The van der Waals surface area contributed by atoms with Gasteiger partial charge in [-0.15, -0.1) is 0 Å². The van der Waals surface area contributed by atoms with Crippen LogP contribution in [0.1, 0.15) is 10.4 Å². The zero-order valence-corrected chi connectivity index (χ0v) is 14.0. The topological polar surface area (TPSA) is 87.1 Å². The number of carboxylic acids is 1. The Bertz CT molecular complexity index is 868. The summed E-state index contributed by atoms with van der Waals surface area (Å²) in [5.41, 5.74) is 1.88. The van der Waals surface area contributed by atoms with Crippen molar-refractivity contribution in [2.45, 2.75) is 0 Å². The molecule has 3 aromatic rings. The second-order valence-corrected chi connectivity index (χ2v) is 5.85. The lowest BCUT2D eigenvalue weighted by Crippen LogP contribution is -1.99. The van der Waals surface area contributed by atoms with Gasteiger partial charge in [0.15, 0.2) is 0 Å². The molecule has 0 aliphatic heterocycles. The summed E-state index contributed by atoms with van der Waals surface area (Å²) in [7, 11) is 0. The molecule has 0 atom stereocenters. The highest BCUT2D eigenvalue weighted by Gasteiger charge is 2.04. The number of rotatable bonds is 5. The Morgan fingerprint density at radius 2 is 1.58 bits per heavy atom. The molecule has 0 aliphatic rings. The van der Waals surface area contributed by atoms with E-state index < -0.39 is 5.97 Å². The SMILES string of the molecule is O=C(O)c1ccc(Nc2cc(Nc3cccc(Br)c3)ncn2)cc1. The quantitative estimate of drug-likeness (QED) is 0.603. The summed E-state index contributed by atoms with van der Waals surface area (Å²) in [6.45, 7) is 0. The molecule has 120 valence electrons. The average Bonchev–Trinajstić information content (AvgIpc) is 2.56. The van der Waals surface area contributed by atoms with E-state index in [9.17, 15) is 4.79 Å². The third kappa shape index (κ3) is 4.08. The fourth-order valence-electron chi connectivity index (χ4n) is 2.05. The van der Waals surface area contributed by atoms with E-state index in [1.54, 1.807) is 18.2 Å². The van der Waals surface area contributed by atoms with Crippen molar-refractivity contribution < 1.29 is 9.90 Å². The van der Waals surface area contributed by atoms with Crippen LogP contribution in [-0.4, -0.2) is 21.0 Å². The van der Waals surface area contributed by atoms with Crippen LogP contribution in [0.15, 0.2) is 65.4 Å². The molecule has 0 bridgehead atoms. The molecule has 7 heteroatoms. The predicted octanol–water partition coefficient (Wildman–Crippen LogP) is 4.42. The second-order valence-electron chi connectivity index (χ2n) is 4.93. The number of nitrogens with one attached hydrogen (secondary N) is 2. The Morgan fingerprint density at radius 1 is 0.917 bits per heavy atom. The van der Waals surface area contributed by atoms with Gasteiger partial charge in [0.1, 0.15) is 18.0 Å². The van der Waals surface area contributed by atoms with E-state index in [1.807, 2.05) is 24.3 Å². The van der Waals surface area contributed by atoms with Gasteiger partial charge >= 0.3 is 5.97 Å². The first-order valence-electron chi connectivity index (χ1n) is 7.05. The van der Waals surface area contributed by atoms with Gasteiger partial charge in [0.25, 0.3) is 0 Å². The molecule has 0 amide bonds. The summed E-state index contributed by atoms with van der Waals surface area (Å²) in [6, 6.07) is 16.0. The van der Waals surface area contributed by atoms with Crippen molar-refractivity contribution in [1.82, 2.24) is 9.97 Å². The molecule has 0 fully saturated rings. The van der Waals surface area contributed by atoms with E-state index in [0.29, 0.717) is 11.6 Å². The number of carboxylic acid groups (broad SMARTS) is 1. The minimum Gasteiger partial charge on any atom is -0.478 e. The maximum absolute atomic E-state index is 10.9. The van der Waals surface area contributed by atoms with E-state index in [0.717, 1.165) is 15.8 Å². The smallest absolute Gasteiger partial charge is 0.335 e. The first kappa shape index (κ1) is 15.9. The first-order valence-corrected chi connectivity index (χ1v) is 7.84. The third-order valence-electron chi connectivity index (χ3n) is 3.17. The van der Waals surface area contributed by atoms with Gasteiger partial charge in [-0.3, -0.25) is 0 Å². The lowest BCUT2D eigenvalue weighted by molar-refractivity contribution is 0.0697. The molecule has 1 aromatic heterocycles. The molecule has 6 nitrogen and oxygen atoms in total. The van der Waals surface area contributed by atoms with Crippen molar-refractivity contribution >= 4 is 44.9 Å². The number of anilines is 4. The highest BCUT2D eigenvalue weighted by molar-refractivity contribution is 9.10. The van der Waals surface area contributed by atoms with Crippen LogP contribution in [0.3, 0.4) is 0 Å². The first-order chi connectivity index (χ1) is 11.6. The van der Waals surface area contributed by atoms with Gasteiger partial charge in [0, 0.05) is 21.9 Å². The molecule has 3 N–H and O–H groups in total. The van der Waals surface area contributed by atoms with Crippen LogP contribution in [-0.2, 0) is 0 Å². The number of hydrogen-bond acceptors (Lipinski definition) is 5. The van der Waals surface area contributed by atoms with Gasteiger partial charge in [-0.2, -0.15) is 0 Å². The number of carbonyl (C=O) groups is 1. The van der Waals surface area contributed by atoms with Crippen LogP contribution in [0, 0.1) is 0 Å². The number of hydrogen-bond donors (Lipinski definition) is 3. The van der Waals surface area contributed by atoms with Crippen LogP contribution in [0.2, 0.25) is 0 Å². The maximum Gasteiger partial charge on any atom is 0.335 e. The number of halogens is 1. The van der Waals surface area contributed by atoms with Crippen molar-refractivity contribution in [1.29, 1.82) is 0 Å². The second kappa shape index (κ2) is 7.10. The number of aromatic carboxylic acids is 1. The van der Waals surface area contributed by atoms with E-state index >= 15 is 0 Å². The lowest BCUT2D eigenvalue weighted by Gasteiger charge is -2.09. The fraction of sp³-hybridized carbons (Fsp3) is 0. The van der Waals surface area contributed by atoms with Crippen molar-refractivity contribution in [3.8, 4) is 0 Å².